The van der Waals surface area contributed by atoms with Gasteiger partial charge in [0.25, 0.3) is 0 Å². The van der Waals surface area contributed by atoms with Crippen LogP contribution in [0.4, 0.5) is 4.79 Å². The zero-order chi connectivity index (χ0) is 16.2. The van der Waals surface area contributed by atoms with E-state index in [0.717, 1.165) is 35.5 Å². The molecular formula is C17H21N3O2S. The predicted octanol–water partition coefficient (Wildman–Crippen LogP) is 3.15. The molecule has 2 amide bonds. The second-order valence-corrected chi connectivity index (χ2v) is 6.85. The number of phenols is 1. The van der Waals surface area contributed by atoms with Crippen LogP contribution >= 0.6 is 11.3 Å². The quantitative estimate of drug-likeness (QED) is 0.761. The van der Waals surface area contributed by atoms with Crippen molar-refractivity contribution in [2.45, 2.75) is 32.2 Å². The molecule has 122 valence electrons. The minimum atomic E-state index is -0.145. The molecule has 1 unspecified atom stereocenters. The molecule has 0 saturated heterocycles. The van der Waals surface area contributed by atoms with Crippen molar-refractivity contribution < 1.29 is 9.90 Å². The fourth-order valence-electron chi connectivity index (χ4n) is 2.50. The first kappa shape index (κ1) is 15.8. The summed E-state index contributed by atoms with van der Waals surface area (Å²) in [6.45, 7) is 2.53. The highest BCUT2D eigenvalue weighted by atomic mass is 32.1. The summed E-state index contributed by atoms with van der Waals surface area (Å²) in [6.07, 6.45) is 3.03. The van der Waals surface area contributed by atoms with E-state index in [4.69, 9.17) is 0 Å². The summed E-state index contributed by atoms with van der Waals surface area (Å²) < 4.78 is 0. The summed E-state index contributed by atoms with van der Waals surface area (Å²) >= 11 is 1.61. The van der Waals surface area contributed by atoms with Crippen LogP contribution in [-0.2, 0) is 6.42 Å². The van der Waals surface area contributed by atoms with E-state index in [1.165, 1.54) is 0 Å². The van der Waals surface area contributed by atoms with Gasteiger partial charge in [0.05, 0.1) is 6.04 Å². The van der Waals surface area contributed by atoms with Gasteiger partial charge in [-0.2, -0.15) is 0 Å². The lowest BCUT2D eigenvalue weighted by atomic mass is 10.1. The molecule has 0 radical (unpaired) electrons. The van der Waals surface area contributed by atoms with E-state index in [9.17, 15) is 9.90 Å². The number of phenolic OH excluding ortho intramolecular Hbond substituents is 1. The average Bonchev–Trinajstić information content (AvgIpc) is 3.28. The number of aromatic nitrogens is 1. The Hall–Kier alpha value is -2.08. The smallest absolute Gasteiger partial charge is 0.315 e. The third kappa shape index (κ3) is 4.45. The van der Waals surface area contributed by atoms with Crippen molar-refractivity contribution in [1.82, 2.24) is 15.6 Å². The Morgan fingerprint density at radius 3 is 2.74 bits per heavy atom. The van der Waals surface area contributed by atoms with Gasteiger partial charge in [0.1, 0.15) is 10.8 Å². The summed E-state index contributed by atoms with van der Waals surface area (Å²) in [7, 11) is 0. The fourth-order valence-corrected chi connectivity index (χ4v) is 3.44. The molecule has 1 atom stereocenters. The Bertz CT molecular complexity index is 665. The Kier molecular flexibility index (Phi) is 4.81. The second kappa shape index (κ2) is 7.00. The number of benzene rings is 1. The van der Waals surface area contributed by atoms with Crippen LogP contribution in [0, 0.1) is 12.8 Å². The van der Waals surface area contributed by atoms with E-state index in [-0.39, 0.29) is 17.8 Å². The Morgan fingerprint density at radius 2 is 2.13 bits per heavy atom. The number of amides is 2. The van der Waals surface area contributed by atoms with Gasteiger partial charge in [-0.3, -0.25) is 0 Å². The zero-order valence-electron chi connectivity index (χ0n) is 13.1. The van der Waals surface area contributed by atoms with Gasteiger partial charge in [0.15, 0.2) is 0 Å². The van der Waals surface area contributed by atoms with Gasteiger partial charge in [-0.15, -0.1) is 11.3 Å². The lowest BCUT2D eigenvalue weighted by molar-refractivity contribution is 0.235. The molecule has 5 nitrogen and oxygen atoms in total. The number of carbonyl (C=O) groups is 1. The molecule has 1 aromatic carbocycles. The number of carbonyl (C=O) groups excluding carboxylic acids is 1. The summed E-state index contributed by atoms with van der Waals surface area (Å²) in [6, 6.07) is 6.92. The summed E-state index contributed by atoms with van der Waals surface area (Å²) in [5.74, 6) is 0.772. The number of nitrogens with one attached hydrogen (secondary N) is 2. The number of hydrogen-bond acceptors (Lipinski definition) is 4. The van der Waals surface area contributed by atoms with Gasteiger partial charge in [-0.1, -0.05) is 12.1 Å². The highest BCUT2D eigenvalue weighted by molar-refractivity contribution is 7.09. The summed E-state index contributed by atoms with van der Waals surface area (Å²) in [5, 5.41) is 18.2. The Morgan fingerprint density at radius 1 is 1.39 bits per heavy atom. The fraction of sp³-hybridized carbons (Fsp3) is 0.412. The third-order valence-corrected chi connectivity index (χ3v) is 4.96. The zero-order valence-corrected chi connectivity index (χ0v) is 13.9. The van der Waals surface area contributed by atoms with E-state index < -0.39 is 0 Å². The number of nitrogens with zero attached hydrogens (tertiary/aromatic N) is 1. The van der Waals surface area contributed by atoms with Crippen molar-refractivity contribution in [2.75, 3.05) is 6.54 Å². The molecule has 3 N–H and O–H groups in total. The Labute approximate surface area is 139 Å². The molecule has 1 heterocycles. The van der Waals surface area contributed by atoms with Crippen LogP contribution in [0.25, 0.3) is 0 Å². The highest BCUT2D eigenvalue weighted by Crippen LogP contribution is 2.41. The minimum Gasteiger partial charge on any atom is -0.508 e. The largest absolute Gasteiger partial charge is 0.508 e. The van der Waals surface area contributed by atoms with E-state index in [2.05, 4.69) is 15.6 Å². The summed E-state index contributed by atoms with van der Waals surface area (Å²) in [4.78, 5) is 16.6. The molecule has 1 aromatic heterocycles. The first-order valence-corrected chi connectivity index (χ1v) is 8.74. The van der Waals surface area contributed by atoms with Gasteiger partial charge in [0.2, 0.25) is 0 Å². The third-order valence-electron chi connectivity index (χ3n) is 3.92. The highest BCUT2D eigenvalue weighted by Gasteiger charge is 2.35. The van der Waals surface area contributed by atoms with E-state index in [1.807, 2.05) is 24.4 Å². The van der Waals surface area contributed by atoms with Crippen molar-refractivity contribution in [2.24, 2.45) is 5.92 Å². The van der Waals surface area contributed by atoms with Gasteiger partial charge in [-0.25, -0.2) is 9.78 Å². The molecule has 1 saturated carbocycles. The molecule has 0 aliphatic heterocycles. The summed E-state index contributed by atoms with van der Waals surface area (Å²) in [5.41, 5.74) is 2.09. The maximum atomic E-state index is 12.1. The first-order chi connectivity index (χ1) is 11.1. The molecule has 0 spiro atoms. The van der Waals surface area contributed by atoms with Crippen molar-refractivity contribution in [3.63, 3.8) is 0 Å². The van der Waals surface area contributed by atoms with Crippen LogP contribution in [-0.4, -0.2) is 22.7 Å². The van der Waals surface area contributed by atoms with Crippen LogP contribution in [0.5, 0.6) is 5.75 Å². The lowest BCUT2D eigenvalue weighted by Gasteiger charge is -2.16. The van der Waals surface area contributed by atoms with E-state index in [0.29, 0.717) is 12.5 Å². The molecule has 6 heteroatoms. The van der Waals surface area contributed by atoms with Crippen LogP contribution in [0.2, 0.25) is 0 Å². The first-order valence-electron chi connectivity index (χ1n) is 7.86. The second-order valence-electron chi connectivity index (χ2n) is 5.96. The maximum absolute atomic E-state index is 12.1. The van der Waals surface area contributed by atoms with Crippen LogP contribution in [0.3, 0.4) is 0 Å². The standard InChI is InChI=1S/C17H21N3O2S/c1-11-10-23-16(19-11)15(13-4-5-13)20-17(22)18-9-8-12-2-6-14(21)7-3-12/h2-3,6-7,10,13,15,21H,4-5,8-9H2,1H3,(H2,18,20,22). The number of hydrogen-bond donors (Lipinski definition) is 3. The number of thiazole rings is 1. The maximum Gasteiger partial charge on any atom is 0.315 e. The number of rotatable bonds is 6. The predicted molar refractivity (Wildman–Crippen MR) is 90.7 cm³/mol. The molecule has 23 heavy (non-hydrogen) atoms. The monoisotopic (exact) mass is 331 g/mol. The minimum absolute atomic E-state index is 0.0300. The van der Waals surface area contributed by atoms with Crippen LogP contribution in [0.15, 0.2) is 29.6 Å². The van der Waals surface area contributed by atoms with Crippen molar-refractivity contribution in [3.05, 3.63) is 45.9 Å². The van der Waals surface area contributed by atoms with E-state index >= 15 is 0 Å². The van der Waals surface area contributed by atoms with Crippen LogP contribution < -0.4 is 10.6 Å². The molecule has 3 rings (SSSR count). The van der Waals surface area contributed by atoms with Gasteiger partial charge in [-0.05, 0) is 49.8 Å². The SMILES string of the molecule is Cc1csc(C(NC(=O)NCCc2ccc(O)cc2)C2CC2)n1. The van der Waals surface area contributed by atoms with E-state index in [1.54, 1.807) is 23.5 Å². The molecule has 2 aromatic rings. The van der Waals surface area contributed by atoms with Crippen molar-refractivity contribution >= 4 is 17.4 Å². The van der Waals surface area contributed by atoms with Gasteiger partial charge < -0.3 is 15.7 Å². The molecule has 0 bridgehead atoms. The van der Waals surface area contributed by atoms with Crippen molar-refractivity contribution in [3.8, 4) is 5.75 Å². The Balaban J connectivity index is 1.48. The van der Waals surface area contributed by atoms with Gasteiger partial charge in [0, 0.05) is 17.6 Å². The molecular weight excluding hydrogens is 310 g/mol. The molecule has 1 fully saturated rings. The number of urea groups is 1. The number of aromatic hydroxyl groups is 1. The average molecular weight is 331 g/mol. The van der Waals surface area contributed by atoms with Crippen LogP contribution in [0.1, 0.15) is 35.1 Å². The molecule has 1 aliphatic carbocycles. The van der Waals surface area contributed by atoms with Gasteiger partial charge >= 0.3 is 6.03 Å². The number of aryl methyl sites for hydroxylation is 1. The normalized spacial score (nSPS) is 15.2. The lowest BCUT2D eigenvalue weighted by Crippen LogP contribution is -2.39. The van der Waals surface area contributed by atoms with Crippen molar-refractivity contribution in [1.29, 1.82) is 0 Å². The molecule has 1 aliphatic rings. The topological polar surface area (TPSA) is 74.2 Å².